The molecule has 0 saturated heterocycles. The second-order valence-corrected chi connectivity index (χ2v) is 4.44. The van der Waals surface area contributed by atoms with E-state index in [1.54, 1.807) is 0 Å². The highest BCUT2D eigenvalue weighted by molar-refractivity contribution is 4.82. The van der Waals surface area contributed by atoms with E-state index >= 15 is 0 Å². The fraction of sp³-hybridized carbons (Fsp3) is 1.00. The van der Waals surface area contributed by atoms with Crippen LogP contribution in [0, 0.1) is 11.8 Å². The van der Waals surface area contributed by atoms with Gasteiger partial charge in [0.2, 0.25) is 0 Å². The molecular formula is C11H21F2N. The Kier molecular flexibility index (Phi) is 4.79. The highest BCUT2D eigenvalue weighted by Gasteiger charge is 2.31. The van der Waals surface area contributed by atoms with Crippen molar-refractivity contribution in [3.63, 3.8) is 0 Å². The van der Waals surface area contributed by atoms with E-state index in [9.17, 15) is 8.78 Å². The highest BCUT2D eigenvalue weighted by atomic mass is 19.3. The summed E-state index contributed by atoms with van der Waals surface area (Å²) >= 11 is 0. The van der Waals surface area contributed by atoms with E-state index in [-0.39, 0.29) is 5.92 Å². The molecule has 0 radical (unpaired) electrons. The number of rotatable bonds is 4. The summed E-state index contributed by atoms with van der Waals surface area (Å²) < 4.78 is 25.4. The molecule has 84 valence electrons. The Morgan fingerprint density at radius 3 is 2.21 bits per heavy atom. The maximum absolute atomic E-state index is 12.7. The molecule has 0 heterocycles. The quantitative estimate of drug-likeness (QED) is 0.743. The van der Waals surface area contributed by atoms with Crippen LogP contribution in [0.5, 0.6) is 0 Å². The van der Waals surface area contributed by atoms with Gasteiger partial charge in [0.25, 0.3) is 6.43 Å². The fourth-order valence-electron chi connectivity index (χ4n) is 2.34. The molecule has 1 atom stereocenters. The summed E-state index contributed by atoms with van der Waals surface area (Å²) in [4.78, 5) is 0. The third kappa shape index (κ3) is 3.19. The third-order valence-corrected chi connectivity index (χ3v) is 3.28. The van der Waals surface area contributed by atoms with Crippen LogP contribution in [0.2, 0.25) is 0 Å². The Balaban J connectivity index is 2.43. The van der Waals surface area contributed by atoms with E-state index in [1.165, 1.54) is 0 Å². The summed E-state index contributed by atoms with van der Waals surface area (Å²) in [5.41, 5.74) is 0. The molecule has 1 fully saturated rings. The zero-order chi connectivity index (χ0) is 10.6. The Morgan fingerprint density at radius 1 is 1.21 bits per heavy atom. The van der Waals surface area contributed by atoms with Crippen molar-refractivity contribution in [3.8, 4) is 0 Å². The monoisotopic (exact) mass is 205 g/mol. The second kappa shape index (κ2) is 5.64. The molecule has 0 aliphatic heterocycles. The van der Waals surface area contributed by atoms with Gasteiger partial charge < -0.3 is 5.32 Å². The molecule has 3 heteroatoms. The van der Waals surface area contributed by atoms with Gasteiger partial charge in [0.15, 0.2) is 0 Å². The summed E-state index contributed by atoms with van der Waals surface area (Å²) in [6, 6.07) is -0.576. The van der Waals surface area contributed by atoms with E-state index in [2.05, 4.69) is 12.2 Å². The van der Waals surface area contributed by atoms with Crippen LogP contribution >= 0.6 is 0 Å². The van der Waals surface area contributed by atoms with Gasteiger partial charge in [0, 0.05) is 0 Å². The number of nitrogens with one attached hydrogen (secondary N) is 1. The first-order valence-electron chi connectivity index (χ1n) is 5.66. The van der Waals surface area contributed by atoms with Gasteiger partial charge in [-0.25, -0.2) is 8.78 Å². The molecular weight excluding hydrogens is 184 g/mol. The van der Waals surface area contributed by atoms with E-state index in [0.29, 0.717) is 6.54 Å². The predicted molar refractivity (Wildman–Crippen MR) is 54.6 cm³/mol. The van der Waals surface area contributed by atoms with Crippen LogP contribution in [0.3, 0.4) is 0 Å². The standard InChI is InChI=1S/C11H21F2N/c1-3-14-10(11(12)13)9-6-4-8(2)5-7-9/h8-11,14H,3-7H2,1-2H3. The molecule has 0 aromatic rings. The second-order valence-electron chi connectivity index (χ2n) is 4.44. The Hall–Kier alpha value is -0.180. The molecule has 0 amide bonds. The van der Waals surface area contributed by atoms with Crippen LogP contribution in [-0.4, -0.2) is 19.0 Å². The van der Waals surface area contributed by atoms with Gasteiger partial charge in [-0.2, -0.15) is 0 Å². The molecule has 1 aliphatic rings. The van der Waals surface area contributed by atoms with E-state index in [0.717, 1.165) is 31.6 Å². The zero-order valence-electron chi connectivity index (χ0n) is 9.10. The Morgan fingerprint density at radius 2 is 1.79 bits per heavy atom. The molecule has 1 N–H and O–H groups in total. The largest absolute Gasteiger partial charge is 0.309 e. The topological polar surface area (TPSA) is 12.0 Å². The van der Waals surface area contributed by atoms with Crippen molar-refractivity contribution >= 4 is 0 Å². The van der Waals surface area contributed by atoms with Crippen molar-refractivity contribution in [1.82, 2.24) is 5.32 Å². The van der Waals surface area contributed by atoms with Crippen LogP contribution < -0.4 is 5.32 Å². The van der Waals surface area contributed by atoms with Crippen LogP contribution in [-0.2, 0) is 0 Å². The highest BCUT2D eigenvalue weighted by Crippen LogP contribution is 2.32. The molecule has 0 aromatic heterocycles. The van der Waals surface area contributed by atoms with Crippen molar-refractivity contribution < 1.29 is 8.78 Å². The Bertz CT molecular complexity index is 153. The normalized spacial score (nSPS) is 30.6. The first-order chi connectivity index (χ1) is 6.65. The molecule has 0 spiro atoms. The van der Waals surface area contributed by atoms with Crippen LogP contribution in [0.25, 0.3) is 0 Å². The van der Waals surface area contributed by atoms with Crippen LogP contribution in [0.4, 0.5) is 8.78 Å². The molecule has 1 aliphatic carbocycles. The van der Waals surface area contributed by atoms with Crippen molar-refractivity contribution in [1.29, 1.82) is 0 Å². The predicted octanol–water partition coefficient (Wildman–Crippen LogP) is 3.06. The van der Waals surface area contributed by atoms with Gasteiger partial charge in [-0.3, -0.25) is 0 Å². The summed E-state index contributed by atoms with van der Waals surface area (Å²) in [5, 5.41) is 2.92. The molecule has 1 nitrogen and oxygen atoms in total. The number of hydrogen-bond donors (Lipinski definition) is 1. The van der Waals surface area contributed by atoms with Crippen LogP contribution in [0.1, 0.15) is 39.5 Å². The van der Waals surface area contributed by atoms with Gasteiger partial charge in [-0.1, -0.05) is 26.7 Å². The minimum Gasteiger partial charge on any atom is -0.309 e. The average Bonchev–Trinajstić information content (AvgIpc) is 2.15. The molecule has 0 aromatic carbocycles. The summed E-state index contributed by atoms with van der Waals surface area (Å²) in [7, 11) is 0. The first-order valence-corrected chi connectivity index (χ1v) is 5.66. The first kappa shape index (κ1) is 11.9. The smallest absolute Gasteiger partial charge is 0.253 e. The zero-order valence-corrected chi connectivity index (χ0v) is 9.10. The lowest BCUT2D eigenvalue weighted by Gasteiger charge is -2.32. The fourth-order valence-corrected chi connectivity index (χ4v) is 2.34. The molecule has 14 heavy (non-hydrogen) atoms. The lowest BCUT2D eigenvalue weighted by Crippen LogP contribution is -2.43. The minimum atomic E-state index is -2.21. The summed E-state index contributed by atoms with van der Waals surface area (Å²) in [5.74, 6) is 0.914. The van der Waals surface area contributed by atoms with Gasteiger partial charge in [0.05, 0.1) is 6.04 Å². The third-order valence-electron chi connectivity index (χ3n) is 3.28. The maximum Gasteiger partial charge on any atom is 0.253 e. The van der Waals surface area contributed by atoms with Gasteiger partial charge in [-0.05, 0) is 31.2 Å². The molecule has 1 unspecified atom stereocenters. The average molecular weight is 205 g/mol. The summed E-state index contributed by atoms with van der Waals surface area (Å²) in [6.07, 6.45) is 1.93. The SMILES string of the molecule is CCNC(C(F)F)C1CCC(C)CC1. The van der Waals surface area contributed by atoms with E-state index in [4.69, 9.17) is 0 Å². The van der Waals surface area contributed by atoms with Gasteiger partial charge in [-0.15, -0.1) is 0 Å². The van der Waals surface area contributed by atoms with Crippen molar-refractivity contribution in [2.45, 2.75) is 52.0 Å². The van der Waals surface area contributed by atoms with Crippen molar-refractivity contribution in [2.24, 2.45) is 11.8 Å². The summed E-state index contributed by atoms with van der Waals surface area (Å²) in [6.45, 7) is 4.74. The van der Waals surface area contributed by atoms with Gasteiger partial charge >= 0.3 is 0 Å². The van der Waals surface area contributed by atoms with Crippen LogP contribution in [0.15, 0.2) is 0 Å². The molecule has 0 bridgehead atoms. The van der Waals surface area contributed by atoms with E-state index < -0.39 is 12.5 Å². The number of halogens is 2. The lowest BCUT2D eigenvalue weighted by molar-refractivity contribution is 0.0541. The van der Waals surface area contributed by atoms with Gasteiger partial charge in [0.1, 0.15) is 0 Å². The maximum atomic E-state index is 12.7. The Labute approximate surface area is 85.3 Å². The molecule has 1 saturated carbocycles. The number of alkyl halides is 2. The van der Waals surface area contributed by atoms with Crippen molar-refractivity contribution in [3.05, 3.63) is 0 Å². The van der Waals surface area contributed by atoms with Crippen molar-refractivity contribution in [2.75, 3.05) is 6.54 Å². The lowest BCUT2D eigenvalue weighted by atomic mass is 9.79. The molecule has 1 rings (SSSR count). The van der Waals surface area contributed by atoms with E-state index in [1.807, 2.05) is 6.92 Å². The minimum absolute atomic E-state index is 0.186. The number of hydrogen-bond acceptors (Lipinski definition) is 1.